The van der Waals surface area contributed by atoms with Crippen molar-refractivity contribution in [3.8, 4) is 5.75 Å². The Bertz CT molecular complexity index is 991. The van der Waals surface area contributed by atoms with E-state index in [-0.39, 0.29) is 23.9 Å². The molecule has 4 rings (SSSR count). The minimum Gasteiger partial charge on any atom is -0.490 e. The molecule has 2 aromatic heterocycles. The second-order valence-electron chi connectivity index (χ2n) is 7.23. The number of pyridine rings is 2. The Kier molecular flexibility index (Phi) is 5.67. The monoisotopic (exact) mass is 394 g/mol. The Labute approximate surface area is 168 Å². The third-order valence-corrected chi connectivity index (χ3v) is 5.29. The molecule has 3 aromatic rings. The Hall–Kier alpha value is -3.06. The number of rotatable bonds is 5. The van der Waals surface area contributed by atoms with Gasteiger partial charge in [-0.25, -0.2) is 4.39 Å². The predicted molar refractivity (Wildman–Crippen MR) is 109 cm³/mol. The summed E-state index contributed by atoms with van der Waals surface area (Å²) in [5.41, 5.74) is 1.40. The molecule has 1 aromatic carbocycles. The van der Waals surface area contributed by atoms with Crippen LogP contribution in [0, 0.1) is 5.82 Å². The largest absolute Gasteiger partial charge is 0.490 e. The molecule has 29 heavy (non-hydrogen) atoms. The van der Waals surface area contributed by atoms with Crippen LogP contribution in [0.5, 0.6) is 5.75 Å². The molecule has 1 fully saturated rings. The zero-order valence-corrected chi connectivity index (χ0v) is 16.2. The first-order chi connectivity index (χ1) is 14.1. The SMILES string of the molecule is CC(C(=O)Nc1cccnc1)N1CCC(Oc2ccnc3ccc(F)cc23)CC1. The molecular formula is C22H23FN4O2. The fourth-order valence-corrected chi connectivity index (χ4v) is 3.61. The van der Waals surface area contributed by atoms with Crippen LogP contribution in [-0.4, -0.2) is 46.0 Å². The van der Waals surface area contributed by atoms with Crippen LogP contribution in [0.25, 0.3) is 10.9 Å². The number of hydrogen-bond donors (Lipinski definition) is 1. The fourth-order valence-electron chi connectivity index (χ4n) is 3.61. The zero-order chi connectivity index (χ0) is 20.2. The van der Waals surface area contributed by atoms with E-state index in [1.807, 2.05) is 13.0 Å². The number of anilines is 1. The van der Waals surface area contributed by atoms with Gasteiger partial charge in [-0.3, -0.25) is 19.7 Å². The van der Waals surface area contributed by atoms with Gasteiger partial charge in [0.2, 0.25) is 5.91 Å². The summed E-state index contributed by atoms with van der Waals surface area (Å²) in [4.78, 5) is 22.9. The normalized spacial score (nSPS) is 16.5. The predicted octanol–water partition coefficient (Wildman–Crippen LogP) is 3.64. The van der Waals surface area contributed by atoms with Gasteiger partial charge in [-0.2, -0.15) is 0 Å². The Balaban J connectivity index is 1.35. The van der Waals surface area contributed by atoms with E-state index in [2.05, 4.69) is 20.2 Å². The number of amides is 1. The third kappa shape index (κ3) is 4.51. The summed E-state index contributed by atoms with van der Waals surface area (Å²) < 4.78 is 19.8. The van der Waals surface area contributed by atoms with Crippen molar-refractivity contribution in [2.24, 2.45) is 0 Å². The number of carbonyl (C=O) groups is 1. The minimum atomic E-state index is -0.307. The van der Waals surface area contributed by atoms with Gasteiger partial charge in [0.25, 0.3) is 0 Å². The smallest absolute Gasteiger partial charge is 0.241 e. The number of piperidine rings is 1. The highest BCUT2D eigenvalue weighted by Gasteiger charge is 2.27. The number of ether oxygens (including phenoxy) is 1. The van der Waals surface area contributed by atoms with Crippen molar-refractivity contribution in [1.29, 1.82) is 0 Å². The summed E-state index contributed by atoms with van der Waals surface area (Å²) in [6.45, 7) is 3.42. The van der Waals surface area contributed by atoms with E-state index in [1.54, 1.807) is 36.8 Å². The molecule has 1 unspecified atom stereocenters. The Morgan fingerprint density at radius 3 is 2.83 bits per heavy atom. The van der Waals surface area contributed by atoms with Gasteiger partial charge >= 0.3 is 0 Å². The summed E-state index contributed by atoms with van der Waals surface area (Å²) in [6, 6.07) is 9.65. The van der Waals surface area contributed by atoms with E-state index in [0.29, 0.717) is 22.3 Å². The quantitative estimate of drug-likeness (QED) is 0.716. The second-order valence-corrected chi connectivity index (χ2v) is 7.23. The van der Waals surface area contributed by atoms with Gasteiger partial charge in [0, 0.05) is 30.9 Å². The lowest BCUT2D eigenvalue weighted by Gasteiger charge is -2.35. The maximum absolute atomic E-state index is 13.6. The highest BCUT2D eigenvalue weighted by atomic mass is 19.1. The molecule has 0 spiro atoms. The van der Waals surface area contributed by atoms with Gasteiger partial charge in [-0.05, 0) is 56.2 Å². The molecule has 1 N–H and O–H groups in total. The van der Waals surface area contributed by atoms with Gasteiger partial charge < -0.3 is 10.1 Å². The van der Waals surface area contributed by atoms with E-state index in [9.17, 15) is 9.18 Å². The van der Waals surface area contributed by atoms with Crippen LogP contribution in [0.4, 0.5) is 10.1 Å². The van der Waals surface area contributed by atoms with Crippen LogP contribution in [-0.2, 0) is 4.79 Å². The van der Waals surface area contributed by atoms with E-state index in [1.165, 1.54) is 12.1 Å². The number of carbonyl (C=O) groups excluding carboxylic acids is 1. The summed E-state index contributed by atoms with van der Waals surface area (Å²) in [6.07, 6.45) is 6.59. The molecule has 1 atom stereocenters. The van der Waals surface area contributed by atoms with Gasteiger partial charge in [-0.1, -0.05) is 0 Å². The van der Waals surface area contributed by atoms with Crippen molar-refractivity contribution >= 4 is 22.5 Å². The summed E-state index contributed by atoms with van der Waals surface area (Å²) in [5.74, 6) is 0.293. The maximum Gasteiger partial charge on any atom is 0.241 e. The minimum absolute atomic E-state index is 0.0219. The first-order valence-electron chi connectivity index (χ1n) is 9.76. The molecule has 1 aliphatic heterocycles. The number of benzene rings is 1. The van der Waals surface area contributed by atoms with E-state index < -0.39 is 0 Å². The average molecular weight is 394 g/mol. The zero-order valence-electron chi connectivity index (χ0n) is 16.2. The van der Waals surface area contributed by atoms with Gasteiger partial charge in [-0.15, -0.1) is 0 Å². The second kappa shape index (κ2) is 8.53. The molecular weight excluding hydrogens is 371 g/mol. The molecule has 6 nitrogen and oxygen atoms in total. The molecule has 0 saturated carbocycles. The van der Waals surface area contributed by atoms with Crippen molar-refractivity contribution in [1.82, 2.24) is 14.9 Å². The summed E-state index contributed by atoms with van der Waals surface area (Å²) >= 11 is 0. The van der Waals surface area contributed by atoms with Crippen molar-refractivity contribution in [3.05, 3.63) is 60.8 Å². The first kappa shape index (κ1) is 19.3. The standard InChI is InChI=1S/C22H23FN4O2/c1-15(22(28)26-17-3-2-9-24-14-17)27-11-7-18(8-12-27)29-21-6-10-25-20-5-4-16(23)13-19(20)21/h2-6,9-10,13-15,18H,7-8,11-12H2,1H3,(H,26,28). The van der Waals surface area contributed by atoms with Crippen LogP contribution in [0.3, 0.4) is 0 Å². The van der Waals surface area contributed by atoms with Crippen molar-refractivity contribution in [2.75, 3.05) is 18.4 Å². The van der Waals surface area contributed by atoms with Crippen LogP contribution >= 0.6 is 0 Å². The average Bonchev–Trinajstić information content (AvgIpc) is 2.75. The van der Waals surface area contributed by atoms with Crippen LogP contribution in [0.2, 0.25) is 0 Å². The summed E-state index contributed by atoms with van der Waals surface area (Å²) in [7, 11) is 0. The molecule has 0 radical (unpaired) electrons. The number of fused-ring (bicyclic) bond motifs is 1. The van der Waals surface area contributed by atoms with Crippen molar-refractivity contribution in [3.63, 3.8) is 0 Å². The highest BCUT2D eigenvalue weighted by Crippen LogP contribution is 2.28. The van der Waals surface area contributed by atoms with E-state index in [0.717, 1.165) is 25.9 Å². The van der Waals surface area contributed by atoms with Crippen LogP contribution in [0.15, 0.2) is 55.0 Å². The first-order valence-corrected chi connectivity index (χ1v) is 9.76. The maximum atomic E-state index is 13.6. The summed E-state index contributed by atoms with van der Waals surface area (Å²) in [5, 5.41) is 3.58. The fraction of sp³-hybridized carbons (Fsp3) is 0.318. The number of nitrogens with zero attached hydrogens (tertiary/aromatic N) is 3. The Morgan fingerprint density at radius 2 is 2.07 bits per heavy atom. The molecule has 1 aliphatic rings. The van der Waals surface area contributed by atoms with E-state index in [4.69, 9.17) is 4.74 Å². The molecule has 0 bridgehead atoms. The van der Waals surface area contributed by atoms with Crippen molar-refractivity contribution in [2.45, 2.75) is 31.9 Å². The van der Waals surface area contributed by atoms with Gasteiger partial charge in [0.1, 0.15) is 17.7 Å². The van der Waals surface area contributed by atoms with Crippen molar-refractivity contribution < 1.29 is 13.9 Å². The number of halogens is 1. The van der Waals surface area contributed by atoms with Gasteiger partial charge in [0.15, 0.2) is 0 Å². The molecule has 7 heteroatoms. The number of nitrogens with one attached hydrogen (secondary N) is 1. The molecule has 0 aliphatic carbocycles. The highest BCUT2D eigenvalue weighted by molar-refractivity contribution is 5.94. The number of aromatic nitrogens is 2. The number of hydrogen-bond acceptors (Lipinski definition) is 5. The lowest BCUT2D eigenvalue weighted by atomic mass is 10.1. The van der Waals surface area contributed by atoms with Gasteiger partial charge in [0.05, 0.1) is 23.4 Å². The molecule has 150 valence electrons. The molecule has 3 heterocycles. The lowest BCUT2D eigenvalue weighted by molar-refractivity contribution is -0.121. The molecule has 1 saturated heterocycles. The molecule has 1 amide bonds. The van der Waals surface area contributed by atoms with Crippen LogP contribution in [0.1, 0.15) is 19.8 Å². The van der Waals surface area contributed by atoms with E-state index >= 15 is 0 Å². The lowest BCUT2D eigenvalue weighted by Crippen LogP contribution is -2.47. The Morgan fingerprint density at radius 1 is 1.24 bits per heavy atom. The van der Waals surface area contributed by atoms with Crippen LogP contribution < -0.4 is 10.1 Å². The number of likely N-dealkylation sites (tertiary alicyclic amines) is 1. The topological polar surface area (TPSA) is 67.4 Å². The third-order valence-electron chi connectivity index (χ3n) is 5.29.